The molecule has 0 spiro atoms. The minimum absolute atomic E-state index is 0. The van der Waals surface area contributed by atoms with Crippen molar-refractivity contribution in [1.29, 1.82) is 0 Å². The van der Waals surface area contributed by atoms with Gasteiger partial charge in [0, 0.05) is 67.4 Å². The number of aromatic nitrogens is 1. The molecule has 130 valence electrons. The van der Waals surface area contributed by atoms with Crippen LogP contribution in [0.1, 0.15) is 27.7 Å². The summed E-state index contributed by atoms with van der Waals surface area (Å²) in [6.45, 7) is 4.33. The van der Waals surface area contributed by atoms with Crippen LogP contribution in [0.5, 0.6) is 0 Å². The summed E-state index contributed by atoms with van der Waals surface area (Å²) >= 11 is 0. The predicted molar refractivity (Wildman–Crippen MR) is 83.2 cm³/mol. The van der Waals surface area contributed by atoms with Crippen molar-refractivity contribution in [3.63, 3.8) is 0 Å². The first-order chi connectivity index (χ1) is 9.93. The van der Waals surface area contributed by atoms with Gasteiger partial charge in [-0.15, -0.1) is 0 Å². The Morgan fingerprint density at radius 2 is 0.783 bits per heavy atom. The van der Waals surface area contributed by atoms with Gasteiger partial charge in [-0.05, 0) is 12.1 Å². The molecule has 0 saturated carbocycles. The fourth-order valence-corrected chi connectivity index (χ4v) is 0.313. The third-order valence-electron chi connectivity index (χ3n) is 0.566. The first-order valence-electron chi connectivity index (χ1n) is 5.56. The normalized spacial score (nSPS) is 6.43. The topological polar surface area (TPSA) is 162 Å². The van der Waals surface area contributed by atoms with Gasteiger partial charge in [0.25, 0.3) is 23.9 Å². The third kappa shape index (κ3) is 412. The van der Waals surface area contributed by atoms with Crippen LogP contribution in [0.25, 0.3) is 0 Å². The second kappa shape index (κ2) is 28.2. The number of pyridine rings is 1. The van der Waals surface area contributed by atoms with Gasteiger partial charge >= 0.3 is 0 Å². The van der Waals surface area contributed by atoms with E-state index in [2.05, 4.69) is 4.98 Å². The quantitative estimate of drug-likeness (QED) is 0.362. The average Bonchev–Trinajstić information content (AvgIpc) is 2.28. The minimum Gasteiger partial charge on any atom is -0.481 e. The maximum absolute atomic E-state index is 9.00. The number of aliphatic carboxylic acids is 4. The summed E-state index contributed by atoms with van der Waals surface area (Å²) in [4.78, 5) is 39.8. The molecule has 1 rings (SSSR count). The van der Waals surface area contributed by atoms with Crippen molar-refractivity contribution < 1.29 is 39.6 Å². The number of hydrogen-bond donors (Lipinski definition) is 4. The van der Waals surface area contributed by atoms with E-state index in [4.69, 9.17) is 39.6 Å². The van der Waals surface area contributed by atoms with Gasteiger partial charge in [0.15, 0.2) is 0 Å². The van der Waals surface area contributed by atoms with Gasteiger partial charge in [0.05, 0.1) is 0 Å². The van der Waals surface area contributed by atoms with Crippen LogP contribution in [0.3, 0.4) is 0 Å². The van der Waals surface area contributed by atoms with Gasteiger partial charge in [-0.1, -0.05) is 6.07 Å². The van der Waals surface area contributed by atoms with Crippen LogP contribution in [0.15, 0.2) is 30.6 Å². The fourth-order valence-electron chi connectivity index (χ4n) is 0.313. The van der Waals surface area contributed by atoms with Gasteiger partial charge < -0.3 is 20.4 Å². The smallest absolute Gasteiger partial charge is 0.300 e. The maximum atomic E-state index is 9.00. The zero-order valence-corrected chi connectivity index (χ0v) is 17.1. The molecule has 23 heavy (non-hydrogen) atoms. The number of hydrogen-bond acceptors (Lipinski definition) is 5. The SMILES string of the molecule is CC(=O)O.CC(=O)O.CC(=O)O.CC(=O)O.[Pb].c1ccncc1. The van der Waals surface area contributed by atoms with Crippen LogP contribution in [0.2, 0.25) is 0 Å². The monoisotopic (exact) mass is 527 g/mol. The van der Waals surface area contributed by atoms with Gasteiger partial charge in [-0.2, -0.15) is 0 Å². The zero-order valence-electron chi connectivity index (χ0n) is 13.3. The minimum atomic E-state index is -0.833. The summed E-state index contributed by atoms with van der Waals surface area (Å²) < 4.78 is 0. The number of carbonyl (C=O) groups is 4. The van der Waals surface area contributed by atoms with E-state index < -0.39 is 23.9 Å². The molecule has 0 aliphatic heterocycles. The number of carboxylic acid groups (broad SMARTS) is 4. The number of rotatable bonds is 0. The summed E-state index contributed by atoms with van der Waals surface area (Å²) in [7, 11) is 0. The molecule has 1 aromatic rings. The van der Waals surface area contributed by atoms with Crippen LogP contribution >= 0.6 is 0 Å². The molecule has 1 aromatic heterocycles. The van der Waals surface area contributed by atoms with E-state index >= 15 is 0 Å². The Bertz CT molecular complexity index is 321. The first-order valence-corrected chi connectivity index (χ1v) is 5.56. The molecule has 0 saturated heterocycles. The van der Waals surface area contributed by atoms with E-state index in [1.807, 2.05) is 18.2 Å². The largest absolute Gasteiger partial charge is 0.481 e. The molecule has 0 atom stereocenters. The predicted octanol–water partition coefficient (Wildman–Crippen LogP) is 1.06. The van der Waals surface area contributed by atoms with Crippen molar-refractivity contribution in [3.05, 3.63) is 30.6 Å². The van der Waals surface area contributed by atoms with Crippen LogP contribution in [-0.2, 0) is 19.2 Å². The van der Waals surface area contributed by atoms with Crippen molar-refractivity contribution in [2.75, 3.05) is 0 Å². The van der Waals surface area contributed by atoms with E-state index in [9.17, 15) is 0 Å². The molecule has 0 aliphatic carbocycles. The zero-order chi connectivity index (χ0) is 18.6. The summed E-state index contributed by atoms with van der Waals surface area (Å²) in [6.07, 6.45) is 3.50. The summed E-state index contributed by atoms with van der Waals surface area (Å²) in [5.74, 6) is -3.33. The molecule has 0 aromatic carbocycles. The van der Waals surface area contributed by atoms with Crippen molar-refractivity contribution in [2.24, 2.45) is 0 Å². The summed E-state index contributed by atoms with van der Waals surface area (Å²) in [5.41, 5.74) is 0. The Kier molecular flexibility index (Phi) is 40.1. The Balaban J connectivity index is -0.0000000591. The number of carboxylic acids is 4. The molecule has 1 heterocycles. The molecule has 0 unspecified atom stereocenters. The van der Waals surface area contributed by atoms with E-state index in [0.29, 0.717) is 0 Å². The van der Waals surface area contributed by atoms with Crippen LogP contribution in [0.4, 0.5) is 0 Å². The van der Waals surface area contributed by atoms with Gasteiger partial charge in [0.1, 0.15) is 0 Å². The second-order valence-corrected chi connectivity index (χ2v) is 3.10. The Morgan fingerprint density at radius 1 is 0.609 bits per heavy atom. The van der Waals surface area contributed by atoms with E-state index in [0.717, 1.165) is 27.7 Å². The van der Waals surface area contributed by atoms with E-state index in [1.165, 1.54) is 0 Å². The van der Waals surface area contributed by atoms with Crippen molar-refractivity contribution in [3.8, 4) is 0 Å². The van der Waals surface area contributed by atoms with Crippen molar-refractivity contribution in [2.45, 2.75) is 27.7 Å². The van der Waals surface area contributed by atoms with Crippen molar-refractivity contribution in [1.82, 2.24) is 4.98 Å². The van der Waals surface area contributed by atoms with Crippen LogP contribution in [0, 0.1) is 0 Å². The van der Waals surface area contributed by atoms with Crippen molar-refractivity contribution >= 4 is 51.2 Å². The fraction of sp³-hybridized carbons (Fsp3) is 0.308. The molecule has 0 fully saturated rings. The summed E-state index contributed by atoms with van der Waals surface area (Å²) in [6, 6.07) is 5.72. The average molecular weight is 527 g/mol. The molecule has 0 amide bonds. The molecular formula is C13H21NO8Pb. The van der Waals surface area contributed by atoms with Gasteiger partial charge in [-0.25, -0.2) is 0 Å². The van der Waals surface area contributed by atoms with Crippen LogP contribution in [-0.4, -0.2) is 76.6 Å². The van der Waals surface area contributed by atoms with Gasteiger partial charge in [0.2, 0.25) is 0 Å². The second-order valence-electron chi connectivity index (χ2n) is 3.10. The van der Waals surface area contributed by atoms with Crippen LogP contribution < -0.4 is 0 Å². The summed E-state index contributed by atoms with van der Waals surface area (Å²) in [5, 5.41) is 29.7. The van der Waals surface area contributed by atoms with Gasteiger partial charge in [-0.3, -0.25) is 24.2 Å². The standard InChI is InChI=1S/C5H5N.4C2H4O2.Pb/c1-2-4-6-5-3-1;4*1-2(3)4;/h1-5H;4*1H3,(H,3,4);. The molecule has 9 nitrogen and oxygen atoms in total. The van der Waals surface area contributed by atoms with E-state index in [-0.39, 0.29) is 27.3 Å². The molecule has 4 radical (unpaired) electrons. The Labute approximate surface area is 154 Å². The molecule has 0 aliphatic rings. The molecule has 4 N–H and O–H groups in total. The Hall–Kier alpha value is -2.05. The number of nitrogens with zero attached hydrogens (tertiary/aromatic N) is 1. The first kappa shape index (κ1) is 32.8. The maximum Gasteiger partial charge on any atom is 0.300 e. The molecule has 0 bridgehead atoms. The Morgan fingerprint density at radius 3 is 0.826 bits per heavy atom. The molecular weight excluding hydrogens is 505 g/mol. The third-order valence-corrected chi connectivity index (χ3v) is 0.566. The van der Waals surface area contributed by atoms with E-state index in [1.54, 1.807) is 12.4 Å². The molecule has 10 heteroatoms.